The third-order valence-corrected chi connectivity index (χ3v) is 11.9. The normalized spacial score (nSPS) is 21.8. The number of imide groups is 2. The molecule has 4 heterocycles. The number of phenolic OH excluding ortho intramolecular Hbond substituents is 1. The first-order chi connectivity index (χ1) is 28.7. The van der Waals surface area contributed by atoms with Gasteiger partial charge in [0.1, 0.15) is 29.5 Å². The highest BCUT2D eigenvalue weighted by Crippen LogP contribution is 2.36. The molecule has 0 radical (unpaired) electrons. The van der Waals surface area contributed by atoms with Gasteiger partial charge in [-0.25, -0.2) is 0 Å². The number of allylic oxidation sites excluding steroid dienone is 1. The van der Waals surface area contributed by atoms with Crippen LogP contribution in [0.15, 0.2) is 97.1 Å². The molecule has 306 valence electrons. The fourth-order valence-electron chi connectivity index (χ4n) is 8.77. The summed E-state index contributed by atoms with van der Waals surface area (Å²) in [5.41, 5.74) is 6.19. The van der Waals surface area contributed by atoms with Crippen LogP contribution < -0.4 is 20.1 Å². The fourth-order valence-corrected chi connectivity index (χ4v) is 8.77. The summed E-state index contributed by atoms with van der Waals surface area (Å²) < 4.78 is 12.4. The van der Waals surface area contributed by atoms with Crippen molar-refractivity contribution in [2.45, 2.75) is 63.8 Å². The molecule has 0 aliphatic carbocycles. The molecule has 3 N–H and O–H groups in total. The summed E-state index contributed by atoms with van der Waals surface area (Å²) in [5, 5.41) is 15.8. The summed E-state index contributed by atoms with van der Waals surface area (Å²) in [6, 6.07) is 30.6. The maximum Gasteiger partial charge on any atom is 0.262 e. The first-order valence-electron chi connectivity index (χ1n) is 20.8. The number of nitrogens with zero attached hydrogens (tertiary/aromatic N) is 3. The average molecular weight is 798 g/mol. The predicted molar refractivity (Wildman–Crippen MR) is 224 cm³/mol. The number of amides is 4. The second-order valence-corrected chi connectivity index (χ2v) is 15.6. The van der Waals surface area contributed by atoms with E-state index in [9.17, 15) is 24.3 Å². The molecule has 3 unspecified atom stereocenters. The van der Waals surface area contributed by atoms with E-state index < -0.39 is 29.7 Å². The highest BCUT2D eigenvalue weighted by atomic mass is 16.5. The van der Waals surface area contributed by atoms with Crippen molar-refractivity contribution in [3.05, 3.63) is 125 Å². The minimum atomic E-state index is -0.989. The number of fused-ring (bicyclic) bond motifs is 1. The summed E-state index contributed by atoms with van der Waals surface area (Å²) >= 11 is 0. The van der Waals surface area contributed by atoms with Crippen LogP contribution in [0.4, 0.5) is 0 Å². The minimum Gasteiger partial charge on any atom is -0.508 e. The van der Waals surface area contributed by atoms with Gasteiger partial charge in [0, 0.05) is 51.7 Å². The Bertz CT molecular complexity index is 2190. The van der Waals surface area contributed by atoms with Gasteiger partial charge in [0.05, 0.1) is 17.7 Å². The molecule has 4 aliphatic rings. The number of piperidine rings is 2. The Hall–Kier alpha value is -5.82. The summed E-state index contributed by atoms with van der Waals surface area (Å²) in [4.78, 5) is 56.1. The number of carbonyl (C=O) groups is 4. The largest absolute Gasteiger partial charge is 0.508 e. The van der Waals surface area contributed by atoms with Gasteiger partial charge in [-0.1, -0.05) is 61.5 Å². The Morgan fingerprint density at radius 3 is 2.14 bits per heavy atom. The van der Waals surface area contributed by atoms with Gasteiger partial charge >= 0.3 is 0 Å². The molecule has 12 nitrogen and oxygen atoms in total. The van der Waals surface area contributed by atoms with Crippen LogP contribution in [-0.4, -0.2) is 108 Å². The lowest BCUT2D eigenvalue weighted by Crippen LogP contribution is -2.56. The topological polar surface area (TPSA) is 141 Å². The van der Waals surface area contributed by atoms with Gasteiger partial charge in [0.25, 0.3) is 11.8 Å². The van der Waals surface area contributed by atoms with E-state index in [1.165, 1.54) is 11.1 Å². The van der Waals surface area contributed by atoms with E-state index in [4.69, 9.17) is 9.47 Å². The Kier molecular flexibility index (Phi) is 12.2. The zero-order valence-corrected chi connectivity index (χ0v) is 33.4. The molecule has 12 heteroatoms. The standard InChI is InChI=1S/C47H51N5O7/c1-2-38(31-7-4-3-5-8-31)44(32-9-14-35(53)15-10-32)33-11-16-36(17-12-33)59-43-22-13-34(30-48-43)51-26-24-50(25-27-51)23-6-28-58-37-18-19-39-40(29-37)47(57)52(46(39)56)41-20-21-42(54)49-45(41)55/h3-5,7-12,14-19,29,34,41,43,48,53H,2,6,13,20-28,30H2,1H3,(H,49,54,55)/b44-38-. The van der Waals surface area contributed by atoms with Crippen LogP contribution in [0.1, 0.15) is 82.9 Å². The van der Waals surface area contributed by atoms with Crippen molar-refractivity contribution in [1.29, 1.82) is 0 Å². The Labute approximate surface area is 344 Å². The van der Waals surface area contributed by atoms with Crippen LogP contribution in [-0.2, 0) is 9.59 Å². The van der Waals surface area contributed by atoms with E-state index in [0.29, 0.717) is 18.4 Å². The SMILES string of the molecule is CC/C(=C(\c1ccc(O)cc1)c1ccc(OC2CCC(N3CCN(CCCOc4ccc5c(c4)C(=O)N(C4CCC(=O)NC4=O)C5=O)CC3)CN2)cc1)c1ccccc1. The van der Waals surface area contributed by atoms with Crippen molar-refractivity contribution < 1.29 is 33.8 Å². The smallest absolute Gasteiger partial charge is 0.262 e. The van der Waals surface area contributed by atoms with Crippen molar-refractivity contribution in [2.24, 2.45) is 0 Å². The van der Waals surface area contributed by atoms with E-state index in [1.807, 2.05) is 18.2 Å². The Balaban J connectivity index is 0.772. The number of hydrogen-bond donors (Lipinski definition) is 3. The molecular weight excluding hydrogens is 747 g/mol. The van der Waals surface area contributed by atoms with Crippen molar-refractivity contribution >= 4 is 34.8 Å². The average Bonchev–Trinajstić information content (AvgIpc) is 3.50. The quantitative estimate of drug-likeness (QED) is 0.0877. The maximum absolute atomic E-state index is 13.1. The van der Waals surface area contributed by atoms with Crippen molar-refractivity contribution in [2.75, 3.05) is 45.9 Å². The van der Waals surface area contributed by atoms with Crippen LogP contribution in [0.2, 0.25) is 0 Å². The van der Waals surface area contributed by atoms with Gasteiger partial charge < -0.3 is 19.5 Å². The van der Waals surface area contributed by atoms with Gasteiger partial charge in [-0.2, -0.15) is 0 Å². The second-order valence-electron chi connectivity index (χ2n) is 15.6. The molecular formula is C47H51N5O7. The molecule has 4 amide bonds. The van der Waals surface area contributed by atoms with Crippen LogP contribution in [0.3, 0.4) is 0 Å². The lowest BCUT2D eigenvalue weighted by molar-refractivity contribution is -0.136. The minimum absolute atomic E-state index is 0.0467. The highest BCUT2D eigenvalue weighted by molar-refractivity contribution is 6.23. The maximum atomic E-state index is 13.1. The number of piperazine rings is 1. The molecule has 59 heavy (non-hydrogen) atoms. The Morgan fingerprint density at radius 2 is 1.46 bits per heavy atom. The van der Waals surface area contributed by atoms with Gasteiger partial charge in [0.2, 0.25) is 11.8 Å². The molecule has 4 aromatic carbocycles. The van der Waals surface area contributed by atoms with Crippen molar-refractivity contribution in [1.82, 2.24) is 25.3 Å². The molecule has 3 atom stereocenters. The number of hydrogen-bond acceptors (Lipinski definition) is 10. The summed E-state index contributed by atoms with van der Waals surface area (Å²) in [5.74, 6) is -0.498. The van der Waals surface area contributed by atoms with Gasteiger partial charge in [-0.15, -0.1) is 0 Å². The lowest BCUT2D eigenvalue weighted by atomic mass is 9.88. The van der Waals surface area contributed by atoms with E-state index >= 15 is 0 Å². The molecule has 4 aliphatic heterocycles. The molecule has 3 fully saturated rings. The van der Waals surface area contributed by atoms with Crippen LogP contribution in [0, 0.1) is 0 Å². The van der Waals surface area contributed by atoms with E-state index in [1.54, 1.807) is 30.3 Å². The molecule has 0 bridgehead atoms. The zero-order chi connectivity index (χ0) is 40.9. The van der Waals surface area contributed by atoms with Crippen LogP contribution >= 0.6 is 0 Å². The molecule has 3 saturated heterocycles. The summed E-state index contributed by atoms with van der Waals surface area (Å²) in [6.45, 7) is 8.40. The Morgan fingerprint density at radius 1 is 0.763 bits per heavy atom. The van der Waals surface area contributed by atoms with Crippen molar-refractivity contribution in [3.8, 4) is 17.2 Å². The van der Waals surface area contributed by atoms with E-state index in [2.05, 4.69) is 75.9 Å². The number of phenols is 1. The number of aromatic hydroxyl groups is 1. The third kappa shape index (κ3) is 8.95. The van der Waals surface area contributed by atoms with Gasteiger partial charge in [0.15, 0.2) is 0 Å². The number of carbonyl (C=O) groups excluding carboxylic acids is 4. The molecule has 0 saturated carbocycles. The van der Waals surface area contributed by atoms with Gasteiger partial charge in [-0.05, 0) is 102 Å². The highest BCUT2D eigenvalue weighted by Gasteiger charge is 2.44. The zero-order valence-electron chi connectivity index (χ0n) is 33.4. The van der Waals surface area contributed by atoms with E-state index in [-0.39, 0.29) is 35.9 Å². The van der Waals surface area contributed by atoms with Crippen LogP contribution in [0.5, 0.6) is 17.2 Å². The molecule has 8 rings (SSSR count). The predicted octanol–water partition coefficient (Wildman–Crippen LogP) is 5.71. The lowest BCUT2D eigenvalue weighted by Gasteiger charge is -2.42. The number of nitrogens with one attached hydrogen (secondary N) is 2. The fraction of sp³-hybridized carbons (Fsp3) is 0.362. The first-order valence-corrected chi connectivity index (χ1v) is 20.8. The molecule has 0 spiro atoms. The molecule has 0 aromatic heterocycles. The second kappa shape index (κ2) is 18.0. The van der Waals surface area contributed by atoms with Gasteiger partial charge in [-0.3, -0.25) is 39.6 Å². The number of benzene rings is 4. The summed E-state index contributed by atoms with van der Waals surface area (Å²) in [6.07, 6.45) is 3.83. The number of ether oxygens (including phenoxy) is 2. The van der Waals surface area contributed by atoms with Crippen molar-refractivity contribution in [3.63, 3.8) is 0 Å². The summed E-state index contributed by atoms with van der Waals surface area (Å²) in [7, 11) is 0. The molecule has 4 aromatic rings. The number of rotatable bonds is 13. The van der Waals surface area contributed by atoms with Crippen LogP contribution in [0.25, 0.3) is 11.1 Å². The van der Waals surface area contributed by atoms with E-state index in [0.717, 1.165) is 92.3 Å². The monoisotopic (exact) mass is 797 g/mol. The first kappa shape index (κ1) is 40.0. The third-order valence-electron chi connectivity index (χ3n) is 11.9.